The Morgan fingerprint density at radius 3 is 2.74 bits per heavy atom. The van der Waals surface area contributed by atoms with Gasteiger partial charge in [0.25, 0.3) is 0 Å². The zero-order chi connectivity index (χ0) is 14.0. The van der Waals surface area contributed by atoms with Crippen molar-refractivity contribution in [2.45, 2.75) is 31.7 Å². The molecule has 2 rings (SSSR count). The monoisotopic (exact) mass is 316 g/mol. The third-order valence-corrected chi connectivity index (χ3v) is 4.29. The number of thioether (sulfide) groups is 1. The molecule has 1 aromatic heterocycles. The van der Waals surface area contributed by atoms with Gasteiger partial charge in [-0.15, -0.1) is 11.6 Å². The molecule has 1 heterocycles. The summed E-state index contributed by atoms with van der Waals surface area (Å²) >= 11 is 14.2. The average Bonchev–Trinajstić information content (AvgIpc) is 2.74. The zero-order valence-electron chi connectivity index (χ0n) is 11.4. The SMILES string of the molecule is CSCCC(C)n1c(C(C)Cl)nc2cc(Cl)ccc21. The van der Waals surface area contributed by atoms with Crippen LogP contribution < -0.4 is 0 Å². The van der Waals surface area contributed by atoms with Gasteiger partial charge in [0.05, 0.1) is 16.4 Å². The van der Waals surface area contributed by atoms with Gasteiger partial charge < -0.3 is 4.57 Å². The summed E-state index contributed by atoms with van der Waals surface area (Å²) in [5, 5.41) is 0.602. The van der Waals surface area contributed by atoms with Crippen molar-refractivity contribution in [1.82, 2.24) is 9.55 Å². The van der Waals surface area contributed by atoms with Crippen LogP contribution in [0.2, 0.25) is 5.02 Å². The molecule has 0 aliphatic rings. The molecule has 0 aliphatic carbocycles. The van der Waals surface area contributed by atoms with E-state index in [9.17, 15) is 0 Å². The summed E-state index contributed by atoms with van der Waals surface area (Å²) < 4.78 is 2.25. The van der Waals surface area contributed by atoms with E-state index in [4.69, 9.17) is 23.2 Å². The number of alkyl halides is 1. The van der Waals surface area contributed by atoms with Crippen LogP contribution in [-0.4, -0.2) is 21.6 Å². The molecule has 0 N–H and O–H groups in total. The number of benzene rings is 1. The van der Waals surface area contributed by atoms with E-state index in [1.165, 1.54) is 0 Å². The summed E-state index contributed by atoms with van der Waals surface area (Å²) in [5.74, 6) is 2.05. The number of fused-ring (bicyclic) bond motifs is 1. The Labute approximate surface area is 128 Å². The lowest BCUT2D eigenvalue weighted by atomic mass is 10.2. The predicted octanol–water partition coefficient (Wildman–Crippen LogP) is 5.30. The smallest absolute Gasteiger partial charge is 0.127 e. The standard InChI is InChI=1S/C14H18Cl2N2S/c1-9(6-7-19-3)18-13-5-4-11(16)8-12(13)17-14(18)10(2)15/h4-5,8-10H,6-7H2,1-3H3. The summed E-state index contributed by atoms with van der Waals surface area (Å²) in [6.07, 6.45) is 3.23. The molecule has 5 heteroatoms. The Morgan fingerprint density at radius 1 is 1.37 bits per heavy atom. The molecule has 0 fully saturated rings. The second-order valence-corrected chi connectivity index (χ2v) is 6.80. The van der Waals surface area contributed by atoms with E-state index in [1.807, 2.05) is 36.9 Å². The molecule has 19 heavy (non-hydrogen) atoms. The molecule has 2 unspecified atom stereocenters. The van der Waals surface area contributed by atoms with Crippen molar-refractivity contribution >= 4 is 46.0 Å². The lowest BCUT2D eigenvalue weighted by Gasteiger charge is -2.18. The quantitative estimate of drug-likeness (QED) is 0.696. The highest BCUT2D eigenvalue weighted by molar-refractivity contribution is 7.98. The van der Waals surface area contributed by atoms with Gasteiger partial charge in [-0.3, -0.25) is 0 Å². The van der Waals surface area contributed by atoms with E-state index < -0.39 is 0 Å². The molecule has 104 valence electrons. The number of nitrogens with zero attached hydrogens (tertiary/aromatic N) is 2. The highest BCUT2D eigenvalue weighted by atomic mass is 35.5. The topological polar surface area (TPSA) is 17.8 Å². The van der Waals surface area contributed by atoms with E-state index >= 15 is 0 Å². The highest BCUT2D eigenvalue weighted by Crippen LogP contribution is 2.30. The van der Waals surface area contributed by atoms with E-state index in [0.29, 0.717) is 11.1 Å². The Morgan fingerprint density at radius 2 is 2.11 bits per heavy atom. The highest BCUT2D eigenvalue weighted by Gasteiger charge is 2.18. The first-order chi connectivity index (χ1) is 9.04. The first-order valence-electron chi connectivity index (χ1n) is 6.35. The van der Waals surface area contributed by atoms with Crippen LogP contribution in [0.3, 0.4) is 0 Å². The first kappa shape index (κ1) is 15.0. The minimum Gasteiger partial charge on any atom is -0.324 e. The fourth-order valence-electron chi connectivity index (χ4n) is 2.25. The summed E-state index contributed by atoms with van der Waals surface area (Å²) in [5.41, 5.74) is 2.03. The van der Waals surface area contributed by atoms with E-state index in [2.05, 4.69) is 22.7 Å². The Kier molecular flexibility index (Phi) is 5.04. The van der Waals surface area contributed by atoms with Gasteiger partial charge in [0.1, 0.15) is 5.82 Å². The third-order valence-electron chi connectivity index (χ3n) is 3.22. The van der Waals surface area contributed by atoms with Gasteiger partial charge in [0.15, 0.2) is 0 Å². The molecular formula is C14H18Cl2N2S. The number of halogens is 2. The van der Waals surface area contributed by atoms with Crippen LogP contribution in [0.15, 0.2) is 18.2 Å². The van der Waals surface area contributed by atoms with Crippen LogP contribution in [0.5, 0.6) is 0 Å². The second kappa shape index (κ2) is 6.38. The number of hydrogen-bond donors (Lipinski definition) is 0. The van der Waals surface area contributed by atoms with Crippen LogP contribution >= 0.6 is 35.0 Å². The summed E-state index contributed by atoms with van der Waals surface area (Å²) in [4.78, 5) is 4.64. The molecule has 0 aliphatic heterocycles. The van der Waals surface area contributed by atoms with Crippen molar-refractivity contribution in [2.24, 2.45) is 0 Å². The molecule has 0 spiro atoms. The van der Waals surface area contributed by atoms with Gasteiger partial charge in [-0.25, -0.2) is 4.98 Å². The zero-order valence-corrected chi connectivity index (χ0v) is 13.7. The number of aromatic nitrogens is 2. The van der Waals surface area contributed by atoms with Crippen LogP contribution in [-0.2, 0) is 0 Å². The van der Waals surface area contributed by atoms with Crippen molar-refractivity contribution in [2.75, 3.05) is 12.0 Å². The summed E-state index contributed by atoms with van der Waals surface area (Å²) in [6, 6.07) is 6.22. The molecule has 0 saturated carbocycles. The Bertz CT molecular complexity index is 566. The van der Waals surface area contributed by atoms with Crippen molar-refractivity contribution in [1.29, 1.82) is 0 Å². The number of rotatable bonds is 5. The molecule has 2 nitrogen and oxygen atoms in total. The summed E-state index contributed by atoms with van der Waals surface area (Å²) in [6.45, 7) is 4.18. The molecule has 1 aromatic carbocycles. The molecule has 0 amide bonds. The van der Waals surface area contributed by atoms with Crippen LogP contribution in [0.1, 0.15) is 37.5 Å². The number of hydrogen-bond acceptors (Lipinski definition) is 2. The Balaban J connectivity index is 2.51. The average molecular weight is 317 g/mol. The van der Waals surface area contributed by atoms with Gasteiger partial charge in [0, 0.05) is 11.1 Å². The molecular weight excluding hydrogens is 299 g/mol. The van der Waals surface area contributed by atoms with Crippen molar-refractivity contribution in [3.63, 3.8) is 0 Å². The normalized spacial score (nSPS) is 14.8. The van der Waals surface area contributed by atoms with E-state index in [1.54, 1.807) is 0 Å². The van der Waals surface area contributed by atoms with E-state index in [0.717, 1.165) is 29.0 Å². The van der Waals surface area contributed by atoms with Crippen LogP contribution in [0, 0.1) is 0 Å². The maximum atomic E-state index is 6.28. The molecule has 0 bridgehead atoms. The Hall–Kier alpha value is -0.380. The molecule has 0 saturated heterocycles. The molecule has 0 radical (unpaired) electrons. The molecule has 2 atom stereocenters. The third kappa shape index (κ3) is 3.21. The minimum atomic E-state index is -0.108. The van der Waals surface area contributed by atoms with Gasteiger partial charge in [-0.1, -0.05) is 11.6 Å². The largest absolute Gasteiger partial charge is 0.324 e. The maximum absolute atomic E-state index is 6.28. The van der Waals surface area contributed by atoms with Crippen molar-refractivity contribution in [3.05, 3.63) is 29.0 Å². The predicted molar refractivity (Wildman–Crippen MR) is 86.7 cm³/mol. The second-order valence-electron chi connectivity index (χ2n) is 4.72. The van der Waals surface area contributed by atoms with Crippen molar-refractivity contribution in [3.8, 4) is 0 Å². The minimum absolute atomic E-state index is 0.108. The van der Waals surface area contributed by atoms with Crippen LogP contribution in [0.25, 0.3) is 11.0 Å². The van der Waals surface area contributed by atoms with Crippen molar-refractivity contribution < 1.29 is 0 Å². The first-order valence-corrected chi connectivity index (χ1v) is 8.55. The fraction of sp³-hybridized carbons (Fsp3) is 0.500. The lowest BCUT2D eigenvalue weighted by Crippen LogP contribution is -2.10. The number of imidazole rings is 1. The van der Waals surface area contributed by atoms with Gasteiger partial charge in [-0.05, 0) is 50.5 Å². The van der Waals surface area contributed by atoms with Gasteiger partial charge in [-0.2, -0.15) is 11.8 Å². The van der Waals surface area contributed by atoms with Gasteiger partial charge >= 0.3 is 0 Å². The van der Waals surface area contributed by atoms with E-state index in [-0.39, 0.29) is 5.38 Å². The fourth-order valence-corrected chi connectivity index (χ4v) is 3.15. The lowest BCUT2D eigenvalue weighted by molar-refractivity contribution is 0.526. The summed E-state index contributed by atoms with van der Waals surface area (Å²) in [7, 11) is 0. The maximum Gasteiger partial charge on any atom is 0.127 e. The molecule has 2 aromatic rings. The van der Waals surface area contributed by atoms with Crippen LogP contribution in [0.4, 0.5) is 0 Å². The van der Waals surface area contributed by atoms with Gasteiger partial charge in [0.2, 0.25) is 0 Å².